The number of nitrogens with zero attached hydrogens (tertiary/aromatic N) is 1. The van der Waals surface area contributed by atoms with Gasteiger partial charge in [0.15, 0.2) is 6.23 Å². The van der Waals surface area contributed by atoms with Gasteiger partial charge in [-0.3, -0.25) is 15.6 Å². The summed E-state index contributed by atoms with van der Waals surface area (Å²) in [5.74, 6) is 0.883. The van der Waals surface area contributed by atoms with E-state index in [0.717, 1.165) is 44.8 Å². The second-order valence-electron chi connectivity index (χ2n) is 9.84. The zero-order chi connectivity index (χ0) is 29.4. The normalized spacial score (nSPS) is 15.5. The van der Waals surface area contributed by atoms with Gasteiger partial charge in [-0.2, -0.15) is 0 Å². The Labute approximate surface area is 249 Å². The van der Waals surface area contributed by atoms with Crippen molar-refractivity contribution in [3.8, 4) is 16.9 Å². The fourth-order valence-electron chi connectivity index (χ4n) is 5.36. The first-order chi connectivity index (χ1) is 20.7. The third kappa shape index (κ3) is 5.84. The molecule has 1 aliphatic rings. The number of para-hydroxylation sites is 2. The Morgan fingerprint density at radius 1 is 0.714 bits per heavy atom. The third-order valence-electron chi connectivity index (χ3n) is 7.52. The van der Waals surface area contributed by atoms with Gasteiger partial charge in [-0.15, -0.1) is 0 Å². The van der Waals surface area contributed by atoms with E-state index in [4.69, 9.17) is 4.74 Å². The Bertz CT molecular complexity index is 1550. The molecule has 0 saturated heterocycles. The maximum absolute atomic E-state index is 6.08. The van der Waals surface area contributed by atoms with Gasteiger partial charge < -0.3 is 10.1 Å². The second-order valence-corrected chi connectivity index (χ2v) is 9.84. The van der Waals surface area contributed by atoms with Gasteiger partial charge in [0.05, 0.1) is 5.69 Å². The first-order valence-corrected chi connectivity index (χ1v) is 14.5. The predicted octanol–water partition coefficient (Wildman–Crippen LogP) is 8.29. The highest BCUT2D eigenvalue weighted by Gasteiger charge is 2.35. The average molecular weight is 555 g/mol. The Kier molecular flexibility index (Phi) is 9.12. The minimum atomic E-state index is -0.689. The lowest BCUT2D eigenvalue weighted by Gasteiger charge is -2.38. The predicted molar refractivity (Wildman–Crippen MR) is 175 cm³/mol. The van der Waals surface area contributed by atoms with Crippen molar-refractivity contribution in [1.82, 2.24) is 10.6 Å². The van der Waals surface area contributed by atoms with Gasteiger partial charge in [0, 0.05) is 5.56 Å². The van der Waals surface area contributed by atoms with Crippen LogP contribution in [0.15, 0.2) is 138 Å². The second kappa shape index (κ2) is 13.3. The lowest BCUT2D eigenvalue weighted by atomic mass is 9.89. The fourth-order valence-corrected chi connectivity index (χ4v) is 5.36. The number of anilines is 1. The lowest BCUT2D eigenvalue weighted by molar-refractivity contribution is 0.260. The molecule has 3 atom stereocenters. The van der Waals surface area contributed by atoms with Crippen LogP contribution in [0.4, 0.5) is 5.69 Å². The summed E-state index contributed by atoms with van der Waals surface area (Å²) >= 11 is 0. The summed E-state index contributed by atoms with van der Waals surface area (Å²) in [6, 6.07) is 45.8. The van der Waals surface area contributed by atoms with Crippen LogP contribution in [-0.2, 0) is 5.66 Å². The smallest absolute Gasteiger partial charge is 0.196 e. The van der Waals surface area contributed by atoms with Crippen molar-refractivity contribution in [3.63, 3.8) is 0 Å². The van der Waals surface area contributed by atoms with Crippen LogP contribution in [0.25, 0.3) is 11.1 Å². The number of rotatable bonds is 9. The highest BCUT2D eigenvalue weighted by Crippen LogP contribution is 2.38. The molecule has 0 aromatic heterocycles. The summed E-state index contributed by atoms with van der Waals surface area (Å²) in [4.78, 5) is 4.44. The Morgan fingerprint density at radius 3 is 1.86 bits per heavy atom. The van der Waals surface area contributed by atoms with Gasteiger partial charge in [0.25, 0.3) is 0 Å². The van der Waals surface area contributed by atoms with Gasteiger partial charge >= 0.3 is 0 Å². The Balaban J connectivity index is 0.00000173. The van der Waals surface area contributed by atoms with Crippen LogP contribution in [0.1, 0.15) is 48.5 Å². The van der Waals surface area contributed by atoms with Crippen molar-refractivity contribution >= 4 is 12.4 Å². The molecule has 5 aromatic rings. The Hall–Kier alpha value is -4.71. The molecule has 5 nitrogen and oxygen atoms in total. The third-order valence-corrected chi connectivity index (χ3v) is 7.52. The number of hydrogen-bond donors (Lipinski definition) is 3. The van der Waals surface area contributed by atoms with Crippen molar-refractivity contribution < 1.29 is 4.74 Å². The summed E-state index contributed by atoms with van der Waals surface area (Å²) in [6.07, 6.45) is -0.489. The van der Waals surface area contributed by atoms with Crippen LogP contribution in [0.2, 0.25) is 0 Å². The summed E-state index contributed by atoms with van der Waals surface area (Å²) in [7, 11) is 1.97. The molecule has 6 rings (SSSR count). The summed E-state index contributed by atoms with van der Waals surface area (Å²) < 4.78 is 6.08. The van der Waals surface area contributed by atoms with Gasteiger partial charge in [0.2, 0.25) is 0 Å². The number of nitrogens with one attached hydrogen (secondary N) is 3. The van der Waals surface area contributed by atoms with E-state index in [0.29, 0.717) is 0 Å². The van der Waals surface area contributed by atoms with Gasteiger partial charge in [-0.05, 0) is 53.7 Å². The summed E-state index contributed by atoms with van der Waals surface area (Å²) in [6.45, 7) is 7.89. The van der Waals surface area contributed by atoms with E-state index in [-0.39, 0.29) is 12.4 Å². The van der Waals surface area contributed by atoms with E-state index in [1.54, 1.807) is 0 Å². The van der Waals surface area contributed by atoms with Crippen molar-refractivity contribution in [1.29, 1.82) is 0 Å². The highest BCUT2D eigenvalue weighted by molar-refractivity contribution is 5.66. The maximum Gasteiger partial charge on any atom is 0.196 e. The van der Waals surface area contributed by atoms with E-state index in [1.165, 1.54) is 0 Å². The molecule has 5 heteroatoms. The molecule has 3 unspecified atom stereocenters. The average Bonchev–Trinajstić information content (AvgIpc) is 3.52. The zero-order valence-corrected chi connectivity index (χ0v) is 24.4. The molecule has 0 bridgehead atoms. The van der Waals surface area contributed by atoms with Gasteiger partial charge in [-0.25, -0.2) is 0 Å². The molecular weight excluding hydrogens is 516 g/mol. The molecular formula is C37H38N4O. The van der Waals surface area contributed by atoms with Crippen molar-refractivity contribution in [2.75, 3.05) is 12.4 Å². The molecule has 212 valence electrons. The fraction of sp³-hybridized carbons (Fsp3) is 0.162. The van der Waals surface area contributed by atoms with E-state index < -0.39 is 5.66 Å². The van der Waals surface area contributed by atoms with Crippen LogP contribution in [-0.4, -0.2) is 13.8 Å². The van der Waals surface area contributed by atoms with Crippen LogP contribution in [0.3, 0.4) is 0 Å². The minimum absolute atomic E-state index is 0.182. The van der Waals surface area contributed by atoms with Crippen LogP contribution >= 0.6 is 0 Å². The zero-order valence-electron chi connectivity index (χ0n) is 24.4. The monoisotopic (exact) mass is 554 g/mol. The Morgan fingerprint density at radius 2 is 1.26 bits per heavy atom. The van der Waals surface area contributed by atoms with E-state index in [9.17, 15) is 0 Å². The molecule has 0 radical (unpaired) electrons. The molecule has 0 saturated carbocycles. The number of ether oxygens (including phenoxy) is 1. The van der Waals surface area contributed by atoms with Crippen molar-refractivity contribution in [2.45, 2.75) is 31.9 Å². The molecule has 5 aromatic carbocycles. The van der Waals surface area contributed by atoms with Crippen molar-refractivity contribution in [2.24, 2.45) is 4.99 Å². The molecule has 0 amide bonds. The summed E-state index contributed by atoms with van der Waals surface area (Å²) in [5, 5.41) is 10.8. The number of hydrogen-bond acceptors (Lipinski definition) is 5. The molecule has 1 heterocycles. The quantitative estimate of drug-likeness (QED) is 0.127. The molecule has 1 aliphatic heterocycles. The standard InChI is InChI=1S/C35H32N4O.C2H6/c1-36-33(27-11-5-3-6-12-27)39-35(37-2,29-13-7-4-8-14-29)30-23-21-26(22-24-30)25-17-19-28(20-18-25)34-38-31-15-9-10-16-32(31)40-34;1-2/h3-24,33-34,37-39H,1H2,2H3;1-2H3. The summed E-state index contributed by atoms with van der Waals surface area (Å²) in [5.41, 5.74) is 6.91. The van der Waals surface area contributed by atoms with E-state index in [1.807, 2.05) is 69.4 Å². The van der Waals surface area contributed by atoms with Gasteiger partial charge in [-0.1, -0.05) is 135 Å². The SMILES string of the molecule is C=NC(NC(NC)(c1ccccc1)c1ccc(-c2ccc(C3Nc4ccccc4O3)cc2)cc1)c1ccccc1.CC. The highest BCUT2D eigenvalue weighted by atomic mass is 16.5. The molecule has 0 spiro atoms. The van der Waals surface area contributed by atoms with Crippen molar-refractivity contribution in [3.05, 3.63) is 156 Å². The van der Waals surface area contributed by atoms with E-state index >= 15 is 0 Å². The van der Waals surface area contributed by atoms with Gasteiger partial charge in [0.1, 0.15) is 17.6 Å². The number of fused-ring (bicyclic) bond motifs is 1. The topological polar surface area (TPSA) is 57.7 Å². The largest absolute Gasteiger partial charge is 0.464 e. The molecule has 0 fully saturated rings. The number of aliphatic imine (C=N–C) groups is 1. The first-order valence-electron chi connectivity index (χ1n) is 14.5. The van der Waals surface area contributed by atoms with Crippen LogP contribution in [0, 0.1) is 0 Å². The first kappa shape index (κ1) is 28.8. The maximum atomic E-state index is 6.08. The van der Waals surface area contributed by atoms with E-state index in [2.05, 4.69) is 113 Å². The number of benzene rings is 5. The van der Waals surface area contributed by atoms with Crippen LogP contribution < -0.4 is 20.7 Å². The minimum Gasteiger partial charge on any atom is -0.464 e. The van der Waals surface area contributed by atoms with Crippen LogP contribution in [0.5, 0.6) is 5.75 Å². The molecule has 3 N–H and O–H groups in total. The molecule has 42 heavy (non-hydrogen) atoms. The molecule has 0 aliphatic carbocycles. The lowest BCUT2D eigenvalue weighted by Crippen LogP contribution is -2.54.